The van der Waals surface area contributed by atoms with Gasteiger partial charge in [0.15, 0.2) is 6.29 Å². The molecule has 1 fully saturated rings. The van der Waals surface area contributed by atoms with Crippen LogP contribution in [0.2, 0.25) is 0 Å². The molecule has 5 atom stereocenters. The summed E-state index contributed by atoms with van der Waals surface area (Å²) in [5.74, 6) is -1.31. The van der Waals surface area contributed by atoms with Gasteiger partial charge in [-0.1, -0.05) is 19.0 Å². The Morgan fingerprint density at radius 2 is 2.00 bits per heavy atom. The van der Waals surface area contributed by atoms with E-state index in [0.717, 1.165) is 0 Å². The van der Waals surface area contributed by atoms with E-state index in [4.69, 9.17) is 24.8 Å². The Bertz CT molecular complexity index is 480. The van der Waals surface area contributed by atoms with Gasteiger partial charge in [-0.15, -0.1) is 0 Å². The van der Waals surface area contributed by atoms with Crippen LogP contribution < -0.4 is 0 Å². The second-order valence-electron chi connectivity index (χ2n) is 5.97. The van der Waals surface area contributed by atoms with Crippen molar-refractivity contribution in [1.82, 2.24) is 0 Å². The number of azide groups is 1. The van der Waals surface area contributed by atoms with Crippen molar-refractivity contribution in [2.24, 2.45) is 17.0 Å². The molecule has 0 aliphatic carbocycles. The van der Waals surface area contributed by atoms with Crippen LogP contribution in [0.1, 0.15) is 40.0 Å². The molecule has 0 aromatic heterocycles. The van der Waals surface area contributed by atoms with Crippen molar-refractivity contribution in [3.8, 4) is 0 Å². The minimum Gasteiger partial charge on any atom is -0.481 e. The molecule has 9 nitrogen and oxygen atoms in total. The number of aliphatic carboxylic acids is 1. The summed E-state index contributed by atoms with van der Waals surface area (Å²) in [6.07, 6.45) is -0.341. The molecule has 1 saturated heterocycles. The Balaban J connectivity index is 2.62. The van der Waals surface area contributed by atoms with Crippen LogP contribution in [-0.4, -0.2) is 48.7 Å². The van der Waals surface area contributed by atoms with Crippen LogP contribution in [0.4, 0.5) is 0 Å². The number of carboxylic acid groups (broad SMARTS) is 1. The van der Waals surface area contributed by atoms with Crippen molar-refractivity contribution >= 4 is 11.9 Å². The van der Waals surface area contributed by atoms with Crippen molar-refractivity contribution in [3.63, 3.8) is 0 Å². The molecule has 0 aromatic carbocycles. The lowest BCUT2D eigenvalue weighted by Gasteiger charge is -2.43. The zero-order valence-corrected chi connectivity index (χ0v) is 14.3. The number of carbonyl (C=O) groups excluding carboxylic acids is 1. The maximum atomic E-state index is 11.3. The second kappa shape index (κ2) is 10.1. The SMILES string of the molecule is CC(=O)O[C@H]1C(CN=[N+]=[N-])O[C@H](OCCCCC(=O)O)C(C)[C@H]1C. The highest BCUT2D eigenvalue weighted by molar-refractivity contribution is 5.66. The molecule has 9 heteroatoms. The van der Waals surface area contributed by atoms with Crippen LogP contribution >= 0.6 is 0 Å². The average molecular weight is 343 g/mol. The van der Waals surface area contributed by atoms with Gasteiger partial charge in [-0.3, -0.25) is 9.59 Å². The fourth-order valence-electron chi connectivity index (χ4n) is 2.67. The monoisotopic (exact) mass is 343 g/mol. The average Bonchev–Trinajstić information content (AvgIpc) is 2.51. The smallest absolute Gasteiger partial charge is 0.303 e. The molecule has 0 bridgehead atoms. The van der Waals surface area contributed by atoms with E-state index in [0.29, 0.717) is 19.4 Å². The van der Waals surface area contributed by atoms with E-state index in [1.165, 1.54) is 6.92 Å². The maximum Gasteiger partial charge on any atom is 0.303 e. The first kappa shape index (κ1) is 20.2. The van der Waals surface area contributed by atoms with E-state index in [-0.39, 0.29) is 24.8 Å². The Morgan fingerprint density at radius 1 is 1.29 bits per heavy atom. The molecule has 24 heavy (non-hydrogen) atoms. The summed E-state index contributed by atoms with van der Waals surface area (Å²) in [6, 6.07) is 0. The summed E-state index contributed by atoms with van der Waals surface area (Å²) in [5.41, 5.74) is 8.51. The molecule has 1 N–H and O–H groups in total. The molecule has 1 aliphatic rings. The fraction of sp³-hybridized carbons (Fsp3) is 0.867. The van der Waals surface area contributed by atoms with Crippen LogP contribution in [0, 0.1) is 11.8 Å². The molecule has 2 unspecified atom stereocenters. The Hall–Kier alpha value is -1.83. The van der Waals surface area contributed by atoms with E-state index in [1.54, 1.807) is 0 Å². The number of carbonyl (C=O) groups is 2. The number of esters is 1. The number of hydrogen-bond donors (Lipinski definition) is 1. The summed E-state index contributed by atoms with van der Waals surface area (Å²) >= 11 is 0. The largest absolute Gasteiger partial charge is 0.481 e. The van der Waals surface area contributed by atoms with E-state index in [1.807, 2.05) is 13.8 Å². The Morgan fingerprint density at radius 3 is 2.58 bits per heavy atom. The van der Waals surface area contributed by atoms with Crippen LogP contribution in [-0.2, 0) is 23.8 Å². The number of rotatable bonds is 9. The first-order valence-electron chi connectivity index (χ1n) is 8.03. The van der Waals surface area contributed by atoms with Gasteiger partial charge >= 0.3 is 11.9 Å². The van der Waals surface area contributed by atoms with Gasteiger partial charge in [0.25, 0.3) is 0 Å². The third-order valence-corrected chi connectivity index (χ3v) is 4.15. The maximum absolute atomic E-state index is 11.3. The summed E-state index contributed by atoms with van der Waals surface area (Å²) < 4.78 is 16.9. The quantitative estimate of drug-likeness (QED) is 0.225. The molecule has 0 aromatic rings. The highest BCUT2D eigenvalue weighted by Gasteiger charge is 2.43. The number of ether oxygens (including phenoxy) is 3. The number of unbranched alkanes of at least 4 members (excludes halogenated alkanes) is 1. The van der Waals surface area contributed by atoms with Crippen LogP contribution in [0.5, 0.6) is 0 Å². The van der Waals surface area contributed by atoms with Crippen molar-refractivity contribution in [3.05, 3.63) is 10.4 Å². The number of carboxylic acids is 1. The normalized spacial score (nSPS) is 29.5. The van der Waals surface area contributed by atoms with Gasteiger partial charge in [0.05, 0.1) is 6.54 Å². The van der Waals surface area contributed by atoms with Crippen molar-refractivity contribution < 1.29 is 28.9 Å². The van der Waals surface area contributed by atoms with Gasteiger partial charge in [-0.25, -0.2) is 0 Å². The molecule has 1 heterocycles. The van der Waals surface area contributed by atoms with Gasteiger partial charge in [-0.05, 0) is 18.4 Å². The molecule has 1 aliphatic heterocycles. The highest BCUT2D eigenvalue weighted by Crippen LogP contribution is 2.33. The predicted octanol–water partition coefficient (Wildman–Crippen LogP) is 2.50. The molecule has 0 saturated carbocycles. The standard InChI is InChI=1S/C15H25N3O6/c1-9-10(2)15(22-7-5-4-6-13(20)21)24-12(8-17-18-16)14(9)23-11(3)19/h9-10,12,14-15H,4-8H2,1-3H3,(H,20,21)/t9-,10?,12?,14-,15+/m1/s1. The summed E-state index contributed by atoms with van der Waals surface area (Å²) in [7, 11) is 0. The fourth-order valence-corrected chi connectivity index (χ4v) is 2.67. The second-order valence-corrected chi connectivity index (χ2v) is 5.97. The first-order valence-corrected chi connectivity index (χ1v) is 8.03. The number of hydrogen-bond acceptors (Lipinski definition) is 6. The number of nitrogens with zero attached hydrogens (tertiary/aromatic N) is 3. The molecule has 136 valence electrons. The molecule has 0 spiro atoms. The van der Waals surface area contributed by atoms with Crippen LogP contribution in [0.15, 0.2) is 5.11 Å². The minimum absolute atomic E-state index is 0.0314. The van der Waals surface area contributed by atoms with Gasteiger partial charge in [0.1, 0.15) is 12.2 Å². The van der Waals surface area contributed by atoms with Gasteiger partial charge in [-0.2, -0.15) is 0 Å². The molecular formula is C15H25N3O6. The lowest BCUT2D eigenvalue weighted by molar-refractivity contribution is -0.264. The summed E-state index contributed by atoms with van der Waals surface area (Å²) in [6.45, 7) is 5.62. The zero-order valence-electron chi connectivity index (χ0n) is 14.3. The topological polar surface area (TPSA) is 131 Å². The van der Waals surface area contributed by atoms with Gasteiger partial charge in [0.2, 0.25) is 0 Å². The molecule has 0 radical (unpaired) electrons. The lowest BCUT2D eigenvalue weighted by Crippen LogP contribution is -2.52. The van der Waals surface area contributed by atoms with Crippen LogP contribution in [0.25, 0.3) is 10.4 Å². The minimum atomic E-state index is -0.829. The van der Waals surface area contributed by atoms with Crippen molar-refractivity contribution in [2.75, 3.05) is 13.2 Å². The van der Waals surface area contributed by atoms with E-state index in [2.05, 4.69) is 10.0 Å². The summed E-state index contributed by atoms with van der Waals surface area (Å²) in [4.78, 5) is 24.5. The zero-order chi connectivity index (χ0) is 18.1. The third kappa shape index (κ3) is 6.35. The first-order chi connectivity index (χ1) is 11.4. The van der Waals surface area contributed by atoms with E-state index >= 15 is 0 Å². The van der Waals surface area contributed by atoms with Gasteiger partial charge in [0, 0.05) is 36.7 Å². The van der Waals surface area contributed by atoms with Crippen LogP contribution in [0.3, 0.4) is 0 Å². The van der Waals surface area contributed by atoms with E-state index in [9.17, 15) is 9.59 Å². The predicted molar refractivity (Wildman–Crippen MR) is 84.0 cm³/mol. The molecule has 1 rings (SSSR count). The van der Waals surface area contributed by atoms with Crippen molar-refractivity contribution in [2.45, 2.75) is 58.5 Å². The van der Waals surface area contributed by atoms with Crippen molar-refractivity contribution in [1.29, 1.82) is 0 Å². The molecular weight excluding hydrogens is 318 g/mol. The Labute approximate surface area is 140 Å². The summed E-state index contributed by atoms with van der Waals surface area (Å²) in [5, 5.41) is 12.1. The van der Waals surface area contributed by atoms with Gasteiger partial charge < -0.3 is 19.3 Å². The Kier molecular flexibility index (Phi) is 8.53. The third-order valence-electron chi connectivity index (χ3n) is 4.15. The van der Waals surface area contributed by atoms with E-state index < -0.39 is 30.4 Å². The molecule has 0 amide bonds. The lowest BCUT2D eigenvalue weighted by atomic mass is 9.84. The highest BCUT2D eigenvalue weighted by atomic mass is 16.7.